The summed E-state index contributed by atoms with van der Waals surface area (Å²) in [6.07, 6.45) is 6.07. The minimum absolute atomic E-state index is 0.0587. The summed E-state index contributed by atoms with van der Waals surface area (Å²) in [6.45, 7) is 3.31. The number of carbonyl (C=O) groups excluding carboxylic acids is 1. The summed E-state index contributed by atoms with van der Waals surface area (Å²) in [4.78, 5) is 11.9. The van der Waals surface area contributed by atoms with E-state index in [1.807, 2.05) is 24.3 Å². The molecule has 0 aliphatic carbocycles. The zero-order valence-corrected chi connectivity index (χ0v) is 13.4. The first-order valence-electron chi connectivity index (χ1n) is 8.29. The topological polar surface area (TPSA) is 41.1 Å². The molecule has 3 heteroatoms. The molecule has 118 valence electrons. The van der Waals surface area contributed by atoms with Crippen molar-refractivity contribution in [2.75, 3.05) is 18.4 Å². The zero-order valence-electron chi connectivity index (χ0n) is 13.4. The van der Waals surface area contributed by atoms with Crippen molar-refractivity contribution in [1.82, 2.24) is 5.32 Å². The molecule has 0 radical (unpaired) electrons. The zero-order chi connectivity index (χ0) is 15.6. The number of benzene rings is 2. The molecule has 0 heterocycles. The number of hydrogen-bond donors (Lipinski definition) is 2. The lowest BCUT2D eigenvalue weighted by molar-refractivity contribution is -0.119. The number of rotatable bonds is 9. The van der Waals surface area contributed by atoms with E-state index in [4.69, 9.17) is 0 Å². The summed E-state index contributed by atoms with van der Waals surface area (Å²) in [7, 11) is 0. The standard InChI is InChI=1S/C19H26N2O/c1-2-3-4-5-8-14-20-19(22)15-21-18-13-9-11-16-10-6-7-12-17(16)18/h6-7,9-13,21H,2-5,8,14-15H2,1H3,(H,20,22). The van der Waals surface area contributed by atoms with Crippen LogP contribution in [0.2, 0.25) is 0 Å². The Hall–Kier alpha value is -2.03. The average Bonchev–Trinajstić information content (AvgIpc) is 2.56. The van der Waals surface area contributed by atoms with Crippen LogP contribution in [-0.4, -0.2) is 19.0 Å². The minimum atomic E-state index is 0.0587. The fraction of sp³-hybridized carbons (Fsp3) is 0.421. The monoisotopic (exact) mass is 298 g/mol. The van der Waals surface area contributed by atoms with Crippen LogP contribution in [0.25, 0.3) is 10.8 Å². The van der Waals surface area contributed by atoms with Gasteiger partial charge in [0.15, 0.2) is 0 Å². The Kier molecular flexibility index (Phi) is 6.75. The van der Waals surface area contributed by atoms with Crippen LogP contribution in [-0.2, 0) is 4.79 Å². The molecule has 0 aliphatic heterocycles. The Bertz CT molecular complexity index is 590. The van der Waals surface area contributed by atoms with Crippen LogP contribution in [0.4, 0.5) is 5.69 Å². The Morgan fingerprint density at radius 3 is 2.59 bits per heavy atom. The quantitative estimate of drug-likeness (QED) is 0.676. The molecule has 0 aliphatic rings. The molecule has 22 heavy (non-hydrogen) atoms. The van der Waals surface area contributed by atoms with Gasteiger partial charge in [-0.05, 0) is 17.9 Å². The van der Waals surface area contributed by atoms with Crippen molar-refractivity contribution in [2.45, 2.75) is 39.0 Å². The number of nitrogens with one attached hydrogen (secondary N) is 2. The molecule has 2 aromatic carbocycles. The summed E-state index contributed by atoms with van der Waals surface area (Å²) in [6, 6.07) is 14.3. The van der Waals surface area contributed by atoms with Gasteiger partial charge in [0.2, 0.25) is 5.91 Å². The van der Waals surface area contributed by atoms with Gasteiger partial charge in [0, 0.05) is 17.6 Å². The van der Waals surface area contributed by atoms with Gasteiger partial charge in [-0.1, -0.05) is 69.0 Å². The fourth-order valence-corrected chi connectivity index (χ4v) is 2.57. The second-order valence-electron chi connectivity index (χ2n) is 5.64. The SMILES string of the molecule is CCCCCCCNC(=O)CNc1cccc2ccccc12. The normalized spacial score (nSPS) is 10.6. The average molecular weight is 298 g/mol. The molecule has 0 atom stereocenters. The molecular formula is C19H26N2O. The predicted molar refractivity (Wildman–Crippen MR) is 94.2 cm³/mol. The van der Waals surface area contributed by atoms with E-state index in [1.165, 1.54) is 31.1 Å². The van der Waals surface area contributed by atoms with E-state index in [0.29, 0.717) is 6.54 Å². The summed E-state index contributed by atoms with van der Waals surface area (Å²) >= 11 is 0. The van der Waals surface area contributed by atoms with E-state index in [1.54, 1.807) is 0 Å². The van der Waals surface area contributed by atoms with Crippen LogP contribution in [0.3, 0.4) is 0 Å². The third-order valence-corrected chi connectivity index (χ3v) is 3.83. The molecule has 0 aromatic heterocycles. The van der Waals surface area contributed by atoms with E-state index < -0.39 is 0 Å². The number of unbranched alkanes of at least 4 members (excludes halogenated alkanes) is 4. The predicted octanol–water partition coefficient (Wildman–Crippen LogP) is 4.34. The number of amides is 1. The van der Waals surface area contributed by atoms with Gasteiger partial charge in [0.1, 0.15) is 0 Å². The van der Waals surface area contributed by atoms with Crippen molar-refractivity contribution < 1.29 is 4.79 Å². The van der Waals surface area contributed by atoms with Crippen LogP contribution in [0.1, 0.15) is 39.0 Å². The van der Waals surface area contributed by atoms with Gasteiger partial charge >= 0.3 is 0 Å². The first-order valence-corrected chi connectivity index (χ1v) is 8.29. The van der Waals surface area contributed by atoms with Crippen molar-refractivity contribution in [3.05, 3.63) is 42.5 Å². The third kappa shape index (κ3) is 5.06. The van der Waals surface area contributed by atoms with Gasteiger partial charge in [0.05, 0.1) is 6.54 Å². The van der Waals surface area contributed by atoms with Gasteiger partial charge in [-0.3, -0.25) is 4.79 Å². The first-order chi connectivity index (χ1) is 10.8. The van der Waals surface area contributed by atoms with Gasteiger partial charge in [0.25, 0.3) is 0 Å². The van der Waals surface area contributed by atoms with Crippen LogP contribution in [0, 0.1) is 0 Å². The van der Waals surface area contributed by atoms with Gasteiger partial charge < -0.3 is 10.6 Å². The third-order valence-electron chi connectivity index (χ3n) is 3.83. The van der Waals surface area contributed by atoms with E-state index in [9.17, 15) is 4.79 Å². The summed E-state index contributed by atoms with van der Waals surface area (Å²) < 4.78 is 0. The van der Waals surface area contributed by atoms with E-state index in [-0.39, 0.29) is 5.91 Å². The number of fused-ring (bicyclic) bond motifs is 1. The first kappa shape index (κ1) is 16.3. The number of anilines is 1. The smallest absolute Gasteiger partial charge is 0.239 e. The minimum Gasteiger partial charge on any atom is -0.376 e. The molecule has 3 nitrogen and oxygen atoms in total. The van der Waals surface area contributed by atoms with Gasteiger partial charge in [-0.15, -0.1) is 0 Å². The van der Waals surface area contributed by atoms with Crippen molar-refractivity contribution in [3.63, 3.8) is 0 Å². The lowest BCUT2D eigenvalue weighted by atomic mass is 10.1. The molecule has 0 spiro atoms. The van der Waals surface area contributed by atoms with Crippen LogP contribution in [0.5, 0.6) is 0 Å². The Labute approximate surface area is 133 Å². The van der Waals surface area contributed by atoms with Crippen molar-refractivity contribution in [3.8, 4) is 0 Å². The van der Waals surface area contributed by atoms with E-state index in [0.717, 1.165) is 24.0 Å². The molecule has 2 N–H and O–H groups in total. The molecule has 0 saturated carbocycles. The van der Waals surface area contributed by atoms with Crippen molar-refractivity contribution in [2.24, 2.45) is 0 Å². The Morgan fingerprint density at radius 2 is 1.73 bits per heavy atom. The number of hydrogen-bond acceptors (Lipinski definition) is 2. The number of carbonyl (C=O) groups is 1. The lowest BCUT2D eigenvalue weighted by Crippen LogP contribution is -2.30. The fourth-order valence-electron chi connectivity index (χ4n) is 2.57. The largest absolute Gasteiger partial charge is 0.376 e. The molecule has 0 bridgehead atoms. The lowest BCUT2D eigenvalue weighted by Gasteiger charge is -2.10. The molecule has 1 amide bonds. The van der Waals surface area contributed by atoms with Crippen molar-refractivity contribution in [1.29, 1.82) is 0 Å². The Morgan fingerprint density at radius 1 is 0.955 bits per heavy atom. The molecule has 0 saturated heterocycles. The summed E-state index contributed by atoms with van der Waals surface area (Å²) in [5.41, 5.74) is 1.01. The maximum Gasteiger partial charge on any atom is 0.239 e. The van der Waals surface area contributed by atoms with Crippen molar-refractivity contribution >= 4 is 22.4 Å². The van der Waals surface area contributed by atoms with E-state index >= 15 is 0 Å². The second-order valence-corrected chi connectivity index (χ2v) is 5.64. The molecule has 2 rings (SSSR count). The second kappa shape index (κ2) is 9.08. The van der Waals surface area contributed by atoms with Crippen LogP contribution >= 0.6 is 0 Å². The van der Waals surface area contributed by atoms with Gasteiger partial charge in [-0.25, -0.2) is 0 Å². The molecule has 2 aromatic rings. The van der Waals surface area contributed by atoms with Crippen LogP contribution < -0.4 is 10.6 Å². The highest BCUT2D eigenvalue weighted by Gasteiger charge is 2.03. The maximum atomic E-state index is 11.9. The maximum absolute atomic E-state index is 11.9. The van der Waals surface area contributed by atoms with Crippen LogP contribution in [0.15, 0.2) is 42.5 Å². The highest BCUT2D eigenvalue weighted by Crippen LogP contribution is 2.22. The molecular weight excluding hydrogens is 272 g/mol. The summed E-state index contributed by atoms with van der Waals surface area (Å²) in [5, 5.41) is 8.55. The highest BCUT2D eigenvalue weighted by atomic mass is 16.1. The summed E-state index contributed by atoms with van der Waals surface area (Å²) in [5.74, 6) is 0.0587. The van der Waals surface area contributed by atoms with Gasteiger partial charge in [-0.2, -0.15) is 0 Å². The molecule has 0 unspecified atom stereocenters. The van der Waals surface area contributed by atoms with E-state index in [2.05, 4.69) is 35.8 Å². The molecule has 0 fully saturated rings. The highest BCUT2D eigenvalue weighted by molar-refractivity contribution is 5.95. The Balaban J connectivity index is 1.74.